The third kappa shape index (κ3) is 2.69. The number of halogens is 1. The lowest BCUT2D eigenvalue weighted by Gasteiger charge is -2.02. The molecule has 0 spiro atoms. The number of aromatic nitrogens is 1. The van der Waals surface area contributed by atoms with Crippen LogP contribution in [-0.4, -0.2) is 17.6 Å². The van der Waals surface area contributed by atoms with Gasteiger partial charge in [-0.15, -0.1) is 0 Å². The molecule has 1 rings (SSSR count). The largest absolute Gasteiger partial charge is 0.466 e. The van der Waals surface area contributed by atoms with Crippen molar-refractivity contribution >= 4 is 11.7 Å². The van der Waals surface area contributed by atoms with Gasteiger partial charge in [0.15, 0.2) is 0 Å². The van der Waals surface area contributed by atoms with E-state index in [2.05, 4.69) is 4.98 Å². The van der Waals surface area contributed by atoms with Gasteiger partial charge < -0.3 is 10.5 Å². The van der Waals surface area contributed by atoms with E-state index in [1.807, 2.05) is 0 Å². The van der Waals surface area contributed by atoms with Crippen molar-refractivity contribution in [2.75, 3.05) is 12.3 Å². The first-order chi connectivity index (χ1) is 6.63. The zero-order chi connectivity index (χ0) is 10.6. The highest BCUT2D eigenvalue weighted by atomic mass is 19.1. The second-order valence-electron chi connectivity index (χ2n) is 2.71. The molecule has 0 bridgehead atoms. The number of nitrogens with zero attached hydrogens (tertiary/aromatic N) is 1. The fraction of sp³-hybridized carbons (Fsp3) is 0.333. The van der Waals surface area contributed by atoms with Gasteiger partial charge in [-0.05, 0) is 18.6 Å². The van der Waals surface area contributed by atoms with E-state index in [4.69, 9.17) is 10.5 Å². The van der Waals surface area contributed by atoms with Crippen LogP contribution in [-0.2, 0) is 16.0 Å². The van der Waals surface area contributed by atoms with Crippen LogP contribution in [0.3, 0.4) is 0 Å². The number of anilines is 1. The van der Waals surface area contributed by atoms with E-state index in [1.54, 1.807) is 6.92 Å². The molecule has 76 valence electrons. The molecule has 4 nitrogen and oxygen atoms in total. The van der Waals surface area contributed by atoms with Gasteiger partial charge in [0.1, 0.15) is 0 Å². The highest BCUT2D eigenvalue weighted by Crippen LogP contribution is 2.09. The van der Waals surface area contributed by atoms with E-state index in [0.29, 0.717) is 12.2 Å². The first kappa shape index (κ1) is 10.4. The molecular weight excluding hydrogens is 187 g/mol. The van der Waals surface area contributed by atoms with Crippen LogP contribution in [0.25, 0.3) is 0 Å². The van der Waals surface area contributed by atoms with Crippen molar-refractivity contribution in [2.45, 2.75) is 13.3 Å². The molecule has 1 heterocycles. The number of carbonyl (C=O) groups excluding carboxylic acids is 1. The summed E-state index contributed by atoms with van der Waals surface area (Å²) in [7, 11) is 0. The molecule has 0 aliphatic heterocycles. The Morgan fingerprint density at radius 2 is 2.43 bits per heavy atom. The number of rotatable bonds is 3. The quantitative estimate of drug-likeness (QED) is 0.579. The smallest absolute Gasteiger partial charge is 0.310 e. The molecule has 0 aliphatic carbocycles. The lowest BCUT2D eigenvalue weighted by Crippen LogP contribution is -2.08. The van der Waals surface area contributed by atoms with Gasteiger partial charge in [-0.1, -0.05) is 0 Å². The zero-order valence-electron chi connectivity index (χ0n) is 7.79. The van der Waals surface area contributed by atoms with Crippen molar-refractivity contribution in [2.24, 2.45) is 0 Å². The van der Waals surface area contributed by atoms with Gasteiger partial charge in [0, 0.05) is 6.20 Å². The highest BCUT2D eigenvalue weighted by molar-refractivity contribution is 5.72. The fourth-order valence-corrected chi connectivity index (χ4v) is 0.986. The maximum absolute atomic E-state index is 12.6. The lowest BCUT2D eigenvalue weighted by atomic mass is 10.2. The Morgan fingerprint density at radius 3 is 3.00 bits per heavy atom. The number of nitrogens with two attached hydrogens (primary N) is 1. The van der Waals surface area contributed by atoms with Crippen LogP contribution in [0, 0.1) is 5.95 Å². The number of carbonyl (C=O) groups is 1. The van der Waals surface area contributed by atoms with Gasteiger partial charge in [0.05, 0.1) is 18.7 Å². The first-order valence-electron chi connectivity index (χ1n) is 4.19. The Morgan fingerprint density at radius 1 is 1.71 bits per heavy atom. The second-order valence-corrected chi connectivity index (χ2v) is 2.71. The van der Waals surface area contributed by atoms with Crippen LogP contribution < -0.4 is 5.73 Å². The average molecular weight is 198 g/mol. The molecule has 0 fully saturated rings. The van der Waals surface area contributed by atoms with Crippen LogP contribution in [0.4, 0.5) is 10.1 Å². The van der Waals surface area contributed by atoms with E-state index in [1.165, 1.54) is 12.3 Å². The summed E-state index contributed by atoms with van der Waals surface area (Å²) in [6.07, 6.45) is 1.33. The Balaban J connectivity index is 2.68. The predicted octanol–water partition coefficient (Wildman–Crippen LogP) is 0.909. The summed E-state index contributed by atoms with van der Waals surface area (Å²) in [4.78, 5) is 14.4. The van der Waals surface area contributed by atoms with Gasteiger partial charge in [-0.3, -0.25) is 4.79 Å². The van der Waals surface area contributed by atoms with Gasteiger partial charge in [0.25, 0.3) is 0 Å². The molecule has 2 N–H and O–H groups in total. The third-order valence-corrected chi connectivity index (χ3v) is 1.58. The Kier molecular flexibility index (Phi) is 3.39. The molecular formula is C9H11FN2O2. The Hall–Kier alpha value is -1.65. The summed E-state index contributed by atoms with van der Waals surface area (Å²) in [5.41, 5.74) is 5.76. The lowest BCUT2D eigenvalue weighted by molar-refractivity contribution is -0.142. The number of hydrogen-bond donors (Lipinski definition) is 1. The van der Waals surface area contributed by atoms with Crippen molar-refractivity contribution in [3.8, 4) is 0 Å². The second kappa shape index (κ2) is 4.55. The maximum atomic E-state index is 12.6. The van der Waals surface area contributed by atoms with Crippen molar-refractivity contribution in [3.63, 3.8) is 0 Å². The van der Waals surface area contributed by atoms with Crippen molar-refractivity contribution in [1.82, 2.24) is 4.98 Å². The normalized spacial score (nSPS) is 9.86. The number of nitrogen functional groups attached to an aromatic ring is 1. The van der Waals surface area contributed by atoms with E-state index in [0.717, 1.165) is 0 Å². The molecule has 0 aliphatic rings. The Bertz CT molecular complexity index is 342. The van der Waals surface area contributed by atoms with Gasteiger partial charge in [-0.2, -0.15) is 4.39 Å². The molecule has 0 radical (unpaired) electrons. The summed E-state index contributed by atoms with van der Waals surface area (Å²) in [6, 6.07) is 1.37. The number of hydrogen-bond acceptors (Lipinski definition) is 4. The van der Waals surface area contributed by atoms with Gasteiger partial charge >= 0.3 is 5.97 Å². The van der Waals surface area contributed by atoms with E-state index in [9.17, 15) is 9.18 Å². The molecule has 1 aromatic heterocycles. The summed E-state index contributed by atoms with van der Waals surface area (Å²) in [6.45, 7) is 2.04. The molecule has 5 heteroatoms. The van der Waals surface area contributed by atoms with Crippen LogP contribution in [0.15, 0.2) is 12.3 Å². The Labute approximate surface area is 80.9 Å². The summed E-state index contributed by atoms with van der Waals surface area (Å²) < 4.78 is 17.3. The van der Waals surface area contributed by atoms with Crippen LogP contribution >= 0.6 is 0 Å². The van der Waals surface area contributed by atoms with E-state index >= 15 is 0 Å². The highest BCUT2D eigenvalue weighted by Gasteiger charge is 2.06. The molecule has 1 aromatic rings. The standard InChI is InChI=1S/C9H11FN2O2/c1-2-14-8(13)4-6-3-7(11)9(10)12-5-6/h3,5H,2,4,11H2,1H3. The topological polar surface area (TPSA) is 65.2 Å². The minimum absolute atomic E-state index is 0.0608. The first-order valence-corrected chi connectivity index (χ1v) is 4.19. The minimum atomic E-state index is -0.724. The molecule has 0 aromatic carbocycles. The van der Waals surface area contributed by atoms with E-state index < -0.39 is 5.95 Å². The predicted molar refractivity (Wildman–Crippen MR) is 48.9 cm³/mol. The summed E-state index contributed by atoms with van der Waals surface area (Å²) in [5, 5.41) is 0. The van der Waals surface area contributed by atoms with Crippen LogP contribution in [0.5, 0.6) is 0 Å². The molecule has 0 unspecified atom stereocenters. The number of esters is 1. The van der Waals surface area contributed by atoms with Gasteiger partial charge in [0.2, 0.25) is 5.95 Å². The summed E-state index contributed by atoms with van der Waals surface area (Å²) in [5.74, 6) is -1.10. The zero-order valence-corrected chi connectivity index (χ0v) is 7.79. The number of pyridine rings is 1. The van der Waals surface area contributed by atoms with E-state index in [-0.39, 0.29) is 18.1 Å². The van der Waals surface area contributed by atoms with Crippen molar-refractivity contribution in [1.29, 1.82) is 0 Å². The maximum Gasteiger partial charge on any atom is 0.310 e. The molecule has 0 amide bonds. The molecule has 0 saturated heterocycles. The van der Waals surface area contributed by atoms with Crippen LogP contribution in [0.2, 0.25) is 0 Å². The molecule has 0 atom stereocenters. The number of ether oxygens (including phenoxy) is 1. The van der Waals surface area contributed by atoms with Gasteiger partial charge in [-0.25, -0.2) is 4.98 Å². The van der Waals surface area contributed by atoms with Crippen molar-refractivity contribution < 1.29 is 13.9 Å². The molecule has 14 heavy (non-hydrogen) atoms. The van der Waals surface area contributed by atoms with Crippen LogP contribution in [0.1, 0.15) is 12.5 Å². The average Bonchev–Trinajstić information content (AvgIpc) is 2.12. The summed E-state index contributed by atoms with van der Waals surface area (Å²) >= 11 is 0. The minimum Gasteiger partial charge on any atom is -0.466 e. The monoisotopic (exact) mass is 198 g/mol. The molecule has 0 saturated carbocycles. The SMILES string of the molecule is CCOC(=O)Cc1cnc(F)c(N)c1. The van der Waals surface area contributed by atoms with Crippen molar-refractivity contribution in [3.05, 3.63) is 23.8 Å². The fourth-order valence-electron chi connectivity index (χ4n) is 0.986. The third-order valence-electron chi connectivity index (χ3n) is 1.58.